The van der Waals surface area contributed by atoms with Gasteiger partial charge in [0.05, 0.1) is 11.4 Å². The number of anilines is 2. The monoisotopic (exact) mass is 312 g/mol. The lowest BCUT2D eigenvalue weighted by Gasteiger charge is -2.22. The molecule has 6 heteroatoms. The molecule has 0 spiro atoms. The number of ether oxygens (including phenoxy) is 2. The number of hydrogen-bond acceptors (Lipinski definition) is 4. The number of amides is 1. The Labute approximate surface area is 131 Å². The lowest BCUT2D eigenvalue weighted by molar-refractivity contribution is 0.0636. The van der Waals surface area contributed by atoms with Crippen LogP contribution in [0.5, 0.6) is 0 Å². The molecule has 1 atom stereocenters. The minimum Gasteiger partial charge on any atom is -0.444 e. The summed E-state index contributed by atoms with van der Waals surface area (Å²) in [6.07, 6.45) is 0.186. The van der Waals surface area contributed by atoms with Crippen molar-refractivity contribution in [1.82, 2.24) is 0 Å². The van der Waals surface area contributed by atoms with Crippen LogP contribution < -0.4 is 10.6 Å². The number of hydrogen-bond donors (Lipinski definition) is 2. The summed E-state index contributed by atoms with van der Waals surface area (Å²) in [6.45, 7) is 7.90. The van der Waals surface area contributed by atoms with E-state index in [1.807, 2.05) is 6.92 Å². The zero-order valence-corrected chi connectivity index (χ0v) is 13.8. The van der Waals surface area contributed by atoms with Gasteiger partial charge < -0.3 is 14.8 Å². The van der Waals surface area contributed by atoms with E-state index in [1.54, 1.807) is 27.9 Å². The molecule has 1 aromatic carbocycles. The van der Waals surface area contributed by atoms with Crippen LogP contribution in [-0.2, 0) is 9.47 Å². The summed E-state index contributed by atoms with van der Waals surface area (Å²) in [4.78, 5) is 11.8. The quantitative estimate of drug-likeness (QED) is 0.833. The molecule has 1 amide bonds. The van der Waals surface area contributed by atoms with Crippen molar-refractivity contribution in [3.63, 3.8) is 0 Å². The molecule has 0 heterocycles. The molecular formula is C16H25FN2O3. The third-order valence-electron chi connectivity index (χ3n) is 2.77. The van der Waals surface area contributed by atoms with Gasteiger partial charge in [-0.05, 0) is 52.3 Å². The molecule has 0 aliphatic carbocycles. The van der Waals surface area contributed by atoms with E-state index < -0.39 is 11.7 Å². The average molecular weight is 312 g/mol. The molecule has 0 bridgehead atoms. The van der Waals surface area contributed by atoms with E-state index in [4.69, 9.17) is 9.47 Å². The van der Waals surface area contributed by atoms with Crippen molar-refractivity contribution in [1.29, 1.82) is 0 Å². The number of rotatable bonds is 6. The predicted molar refractivity (Wildman–Crippen MR) is 85.8 cm³/mol. The molecule has 2 N–H and O–H groups in total. The second-order valence-electron chi connectivity index (χ2n) is 6.14. The van der Waals surface area contributed by atoms with Crippen molar-refractivity contribution in [3.8, 4) is 0 Å². The fourth-order valence-corrected chi connectivity index (χ4v) is 1.79. The van der Waals surface area contributed by atoms with Crippen LogP contribution in [0.2, 0.25) is 0 Å². The maximum absolute atomic E-state index is 13.4. The summed E-state index contributed by atoms with van der Waals surface area (Å²) < 4.78 is 23.7. The fraction of sp³-hybridized carbons (Fsp3) is 0.562. The molecule has 0 aromatic heterocycles. The van der Waals surface area contributed by atoms with Gasteiger partial charge in [-0.15, -0.1) is 0 Å². The molecule has 1 unspecified atom stereocenters. The Morgan fingerprint density at radius 3 is 2.59 bits per heavy atom. The molecular weight excluding hydrogens is 287 g/mol. The van der Waals surface area contributed by atoms with Gasteiger partial charge in [-0.2, -0.15) is 0 Å². The van der Waals surface area contributed by atoms with Crippen LogP contribution in [0.4, 0.5) is 20.6 Å². The summed E-state index contributed by atoms with van der Waals surface area (Å²) in [6, 6.07) is 4.21. The van der Waals surface area contributed by atoms with Crippen LogP contribution in [0.3, 0.4) is 0 Å². The first-order chi connectivity index (χ1) is 10.2. The number of nitrogens with one attached hydrogen (secondary N) is 2. The van der Waals surface area contributed by atoms with E-state index in [2.05, 4.69) is 10.6 Å². The Morgan fingerprint density at radius 1 is 1.32 bits per heavy atom. The van der Waals surface area contributed by atoms with E-state index >= 15 is 0 Å². The van der Waals surface area contributed by atoms with Crippen LogP contribution >= 0.6 is 0 Å². The minimum absolute atomic E-state index is 0.0703. The van der Waals surface area contributed by atoms with Gasteiger partial charge in [0.1, 0.15) is 11.4 Å². The van der Waals surface area contributed by atoms with Crippen molar-refractivity contribution in [2.75, 3.05) is 24.4 Å². The van der Waals surface area contributed by atoms with Gasteiger partial charge in [0, 0.05) is 19.8 Å². The molecule has 5 nitrogen and oxygen atoms in total. The van der Waals surface area contributed by atoms with E-state index in [9.17, 15) is 9.18 Å². The lowest BCUT2D eigenvalue weighted by Crippen LogP contribution is -2.28. The second kappa shape index (κ2) is 7.98. The summed E-state index contributed by atoms with van der Waals surface area (Å²) in [5.74, 6) is -0.379. The third kappa shape index (κ3) is 6.76. The van der Waals surface area contributed by atoms with Gasteiger partial charge in [0.2, 0.25) is 0 Å². The van der Waals surface area contributed by atoms with E-state index in [0.29, 0.717) is 18.0 Å². The first kappa shape index (κ1) is 18.2. The molecule has 1 aromatic rings. The molecule has 0 radical (unpaired) electrons. The second-order valence-corrected chi connectivity index (χ2v) is 6.14. The summed E-state index contributed by atoms with van der Waals surface area (Å²) in [5, 5.41) is 5.80. The normalized spacial score (nSPS) is 12.6. The van der Waals surface area contributed by atoms with E-state index in [0.717, 1.165) is 6.42 Å². The minimum atomic E-state index is -0.594. The van der Waals surface area contributed by atoms with Gasteiger partial charge in [0.25, 0.3) is 0 Å². The molecule has 22 heavy (non-hydrogen) atoms. The maximum Gasteiger partial charge on any atom is 0.412 e. The van der Waals surface area contributed by atoms with Crippen LogP contribution in [0, 0.1) is 5.82 Å². The maximum atomic E-state index is 13.4. The predicted octanol–water partition coefficient (Wildman–Crippen LogP) is 4.01. The first-order valence-electron chi connectivity index (χ1n) is 7.26. The highest BCUT2D eigenvalue weighted by atomic mass is 19.1. The molecule has 124 valence electrons. The van der Waals surface area contributed by atoms with Crippen LogP contribution in [-0.4, -0.2) is 31.5 Å². The molecule has 0 aliphatic rings. The van der Waals surface area contributed by atoms with Crippen LogP contribution in [0.15, 0.2) is 18.2 Å². The van der Waals surface area contributed by atoms with Gasteiger partial charge in [-0.25, -0.2) is 9.18 Å². The zero-order valence-electron chi connectivity index (χ0n) is 13.8. The Kier molecular flexibility index (Phi) is 6.61. The Morgan fingerprint density at radius 2 is 2.00 bits per heavy atom. The largest absolute Gasteiger partial charge is 0.444 e. The van der Waals surface area contributed by atoms with Gasteiger partial charge in [-0.3, -0.25) is 5.32 Å². The van der Waals surface area contributed by atoms with Crippen molar-refractivity contribution < 1.29 is 18.7 Å². The molecule has 0 aliphatic heterocycles. The number of benzene rings is 1. The molecule has 0 saturated heterocycles. The summed E-state index contributed by atoms with van der Waals surface area (Å²) in [5.41, 5.74) is 0.387. The van der Waals surface area contributed by atoms with Crippen LogP contribution in [0.1, 0.15) is 34.1 Å². The lowest BCUT2D eigenvalue weighted by atomic mass is 10.2. The average Bonchev–Trinajstić information content (AvgIpc) is 2.37. The topological polar surface area (TPSA) is 59.6 Å². The van der Waals surface area contributed by atoms with E-state index in [-0.39, 0.29) is 11.9 Å². The smallest absolute Gasteiger partial charge is 0.412 e. The van der Waals surface area contributed by atoms with Crippen LogP contribution in [0.25, 0.3) is 0 Å². The molecule has 1 rings (SSSR count). The highest BCUT2D eigenvalue weighted by molar-refractivity contribution is 5.89. The molecule has 0 fully saturated rings. The number of carbonyl (C=O) groups is 1. The highest BCUT2D eigenvalue weighted by Gasteiger charge is 2.17. The number of methoxy groups -OCH3 is 1. The molecule has 0 saturated carbocycles. The Hall–Kier alpha value is -1.82. The number of halogens is 1. The van der Waals surface area contributed by atoms with Gasteiger partial charge >= 0.3 is 6.09 Å². The first-order valence-corrected chi connectivity index (χ1v) is 7.26. The zero-order chi connectivity index (χ0) is 16.8. The standard InChI is InChI=1S/C16H25FN2O3/c1-11(8-9-21-5)18-14-10-12(17)6-7-13(14)19-15(20)22-16(2,3)4/h6-7,10-11,18H,8-9H2,1-5H3,(H,19,20). The highest BCUT2D eigenvalue weighted by Crippen LogP contribution is 2.25. The summed E-state index contributed by atoms with van der Waals surface area (Å²) in [7, 11) is 1.63. The van der Waals surface area contributed by atoms with E-state index in [1.165, 1.54) is 18.2 Å². The Balaban J connectivity index is 2.80. The number of carbonyl (C=O) groups excluding carboxylic acids is 1. The fourth-order valence-electron chi connectivity index (χ4n) is 1.79. The van der Waals surface area contributed by atoms with Crippen molar-refractivity contribution in [2.45, 2.75) is 45.8 Å². The van der Waals surface area contributed by atoms with Gasteiger partial charge in [0.15, 0.2) is 0 Å². The third-order valence-corrected chi connectivity index (χ3v) is 2.77. The van der Waals surface area contributed by atoms with Crippen molar-refractivity contribution in [2.24, 2.45) is 0 Å². The SMILES string of the molecule is COCCC(C)Nc1cc(F)ccc1NC(=O)OC(C)(C)C. The summed E-state index contributed by atoms with van der Waals surface area (Å²) >= 11 is 0. The van der Waals surface area contributed by atoms with Gasteiger partial charge in [-0.1, -0.05) is 0 Å². The Bertz CT molecular complexity index is 501. The van der Waals surface area contributed by atoms with Crippen molar-refractivity contribution in [3.05, 3.63) is 24.0 Å². The van der Waals surface area contributed by atoms with Crippen molar-refractivity contribution >= 4 is 17.5 Å².